The van der Waals surface area contributed by atoms with Crippen molar-refractivity contribution in [3.8, 4) is 0 Å². The molecule has 1 saturated heterocycles. The Morgan fingerprint density at radius 1 is 0.879 bits per heavy atom. The van der Waals surface area contributed by atoms with Gasteiger partial charge >= 0.3 is 0 Å². The van der Waals surface area contributed by atoms with Crippen LogP contribution in [0.4, 0.5) is 0 Å². The number of aromatic nitrogens is 2. The van der Waals surface area contributed by atoms with Crippen molar-refractivity contribution >= 4 is 16.8 Å². The Kier molecular flexibility index (Phi) is 5.72. The minimum absolute atomic E-state index is 0.308. The molecule has 4 aliphatic carbocycles. The fourth-order valence-electron chi connectivity index (χ4n) is 8.36. The average Bonchev–Trinajstić information content (AvgIpc) is 3.07. The van der Waals surface area contributed by atoms with Gasteiger partial charge in [-0.25, -0.2) is 0 Å². The second kappa shape index (κ2) is 8.72. The number of likely N-dealkylation sites (tertiary alicyclic amines) is 1. The van der Waals surface area contributed by atoms with Crippen LogP contribution in [0.2, 0.25) is 0 Å². The molecule has 1 aliphatic heterocycles. The molecular weight excluding hydrogens is 408 g/mol. The highest BCUT2D eigenvalue weighted by Gasteiger charge is 2.50. The van der Waals surface area contributed by atoms with Gasteiger partial charge in [0.15, 0.2) is 5.78 Å². The minimum Gasteiger partial charge on any atom is -0.309 e. The zero-order chi connectivity index (χ0) is 22.4. The van der Waals surface area contributed by atoms with Gasteiger partial charge < -0.3 is 14.0 Å². The molecule has 4 bridgehead atoms. The summed E-state index contributed by atoms with van der Waals surface area (Å²) in [5.74, 6) is 3.14. The Morgan fingerprint density at radius 3 is 2.12 bits per heavy atom. The SMILES string of the molecule is N=c1n(CCN2CCCCC2)c2ccccc2n1CC(=O)CCC12CC3CC(CC(C3)C1)C2. The number of carbonyl (C=O) groups is 1. The number of Topliss-reactive ketones (excluding diaryl/α,β-unsaturated/α-hetero) is 1. The molecule has 4 saturated carbocycles. The largest absolute Gasteiger partial charge is 0.309 e. The average molecular weight is 449 g/mol. The van der Waals surface area contributed by atoms with E-state index in [0.29, 0.717) is 29.8 Å². The molecule has 178 valence electrons. The molecule has 1 aromatic carbocycles. The van der Waals surface area contributed by atoms with Gasteiger partial charge in [-0.15, -0.1) is 0 Å². The van der Waals surface area contributed by atoms with Gasteiger partial charge in [0.25, 0.3) is 0 Å². The van der Waals surface area contributed by atoms with Crippen molar-refractivity contribution in [2.45, 2.75) is 83.7 Å². The highest BCUT2D eigenvalue weighted by Crippen LogP contribution is 2.61. The maximum atomic E-state index is 13.2. The number of fused-ring (bicyclic) bond motifs is 1. The first kappa shape index (κ1) is 21.6. The smallest absolute Gasteiger partial charge is 0.203 e. The van der Waals surface area contributed by atoms with Gasteiger partial charge in [-0.3, -0.25) is 10.2 Å². The van der Waals surface area contributed by atoms with Crippen LogP contribution < -0.4 is 5.62 Å². The van der Waals surface area contributed by atoms with E-state index >= 15 is 0 Å². The van der Waals surface area contributed by atoms with E-state index in [2.05, 4.69) is 27.7 Å². The predicted octanol–water partition coefficient (Wildman–Crippen LogP) is 4.97. The number of piperidine rings is 1. The summed E-state index contributed by atoms with van der Waals surface area (Å²) in [6.45, 7) is 4.52. The van der Waals surface area contributed by atoms with Gasteiger partial charge in [-0.05, 0) is 106 Å². The molecule has 0 spiro atoms. The summed E-state index contributed by atoms with van der Waals surface area (Å²) < 4.78 is 4.09. The molecule has 0 radical (unpaired) electrons. The number of ketones is 1. The van der Waals surface area contributed by atoms with Crippen molar-refractivity contribution in [2.75, 3.05) is 19.6 Å². The van der Waals surface area contributed by atoms with Crippen molar-refractivity contribution in [1.82, 2.24) is 14.0 Å². The molecule has 7 rings (SSSR count). The predicted molar refractivity (Wildman–Crippen MR) is 131 cm³/mol. The molecule has 2 heterocycles. The van der Waals surface area contributed by atoms with Crippen molar-refractivity contribution < 1.29 is 4.79 Å². The molecule has 5 heteroatoms. The summed E-state index contributed by atoms with van der Waals surface area (Å²) in [5.41, 5.74) is 3.07. The van der Waals surface area contributed by atoms with Crippen LogP contribution >= 0.6 is 0 Å². The van der Waals surface area contributed by atoms with E-state index in [-0.39, 0.29) is 0 Å². The standard InChI is InChI=1S/C28H40N4O/c29-27-31(13-12-30-10-4-1-5-11-30)25-6-2-3-7-26(25)32(27)20-24(33)8-9-28-17-21-14-22(18-28)16-23(15-21)19-28/h2-3,6-7,21-23,29H,1,4-5,8-20H2. The summed E-state index contributed by atoms with van der Waals surface area (Å²) in [6.07, 6.45) is 14.2. The summed E-state index contributed by atoms with van der Waals surface area (Å²) in [5, 5.41) is 8.91. The first-order chi connectivity index (χ1) is 16.1. The first-order valence-corrected chi connectivity index (χ1v) is 13.6. The number of rotatable bonds is 8. The van der Waals surface area contributed by atoms with E-state index < -0.39 is 0 Å². The maximum Gasteiger partial charge on any atom is 0.203 e. The molecule has 2 aromatic rings. The normalized spacial score (nSPS) is 31.5. The first-order valence-electron chi connectivity index (χ1n) is 13.6. The van der Waals surface area contributed by atoms with E-state index in [1.807, 2.05) is 10.6 Å². The topological polar surface area (TPSA) is 54.0 Å². The number of imidazole rings is 1. The second-order valence-corrected chi connectivity index (χ2v) is 11.9. The van der Waals surface area contributed by atoms with Crippen LogP contribution in [0.15, 0.2) is 24.3 Å². The van der Waals surface area contributed by atoms with Gasteiger partial charge in [0.2, 0.25) is 5.62 Å². The zero-order valence-corrected chi connectivity index (χ0v) is 20.1. The van der Waals surface area contributed by atoms with E-state index in [1.165, 1.54) is 70.9 Å². The number of hydrogen-bond acceptors (Lipinski definition) is 3. The van der Waals surface area contributed by atoms with Gasteiger partial charge in [0, 0.05) is 19.5 Å². The third-order valence-electron chi connectivity index (χ3n) is 9.50. The third kappa shape index (κ3) is 4.22. The van der Waals surface area contributed by atoms with Gasteiger partial charge in [-0.2, -0.15) is 0 Å². The summed E-state index contributed by atoms with van der Waals surface area (Å²) in [4.78, 5) is 15.7. The zero-order valence-electron chi connectivity index (χ0n) is 20.1. The molecule has 5 nitrogen and oxygen atoms in total. The molecule has 1 aromatic heterocycles. The number of carbonyl (C=O) groups excluding carboxylic acids is 1. The minimum atomic E-state index is 0.308. The summed E-state index contributed by atoms with van der Waals surface area (Å²) in [7, 11) is 0. The highest BCUT2D eigenvalue weighted by atomic mass is 16.1. The van der Waals surface area contributed by atoms with Gasteiger partial charge in [-0.1, -0.05) is 18.6 Å². The fourth-order valence-corrected chi connectivity index (χ4v) is 8.36. The lowest BCUT2D eigenvalue weighted by Gasteiger charge is -2.57. The van der Waals surface area contributed by atoms with E-state index in [0.717, 1.165) is 48.3 Å². The number of hydrogen-bond donors (Lipinski definition) is 1. The number of benzene rings is 1. The molecule has 1 N–H and O–H groups in total. The van der Waals surface area contributed by atoms with Crippen molar-refractivity contribution in [2.24, 2.45) is 23.2 Å². The Hall–Kier alpha value is -1.88. The molecule has 0 unspecified atom stereocenters. The lowest BCUT2D eigenvalue weighted by Crippen LogP contribution is -2.46. The molecule has 5 aliphatic rings. The van der Waals surface area contributed by atoms with E-state index in [1.54, 1.807) is 0 Å². The fraction of sp³-hybridized carbons (Fsp3) is 0.714. The van der Waals surface area contributed by atoms with E-state index in [4.69, 9.17) is 5.41 Å². The maximum absolute atomic E-state index is 13.2. The van der Waals surface area contributed by atoms with Crippen LogP contribution in [0.5, 0.6) is 0 Å². The number of nitrogens with zero attached hydrogens (tertiary/aromatic N) is 3. The Labute approximate surface area is 197 Å². The van der Waals surface area contributed by atoms with E-state index in [9.17, 15) is 4.79 Å². The quantitative estimate of drug-likeness (QED) is 0.620. The van der Waals surface area contributed by atoms with Crippen LogP contribution in [-0.2, 0) is 17.9 Å². The van der Waals surface area contributed by atoms with Crippen LogP contribution in [0.25, 0.3) is 11.0 Å². The second-order valence-electron chi connectivity index (χ2n) is 11.9. The Balaban J connectivity index is 1.15. The summed E-state index contributed by atoms with van der Waals surface area (Å²) in [6, 6.07) is 8.28. The summed E-state index contributed by atoms with van der Waals surface area (Å²) >= 11 is 0. The molecule has 33 heavy (non-hydrogen) atoms. The van der Waals surface area contributed by atoms with Gasteiger partial charge in [0.05, 0.1) is 17.6 Å². The van der Waals surface area contributed by atoms with Crippen molar-refractivity contribution in [3.63, 3.8) is 0 Å². The Bertz CT molecular complexity index is 1040. The van der Waals surface area contributed by atoms with Crippen LogP contribution in [0, 0.1) is 28.6 Å². The molecule has 0 atom stereocenters. The monoisotopic (exact) mass is 448 g/mol. The lowest BCUT2D eigenvalue weighted by atomic mass is 9.48. The number of nitrogens with one attached hydrogen (secondary N) is 1. The van der Waals surface area contributed by atoms with Crippen LogP contribution in [0.3, 0.4) is 0 Å². The lowest BCUT2D eigenvalue weighted by molar-refractivity contribution is -0.122. The van der Waals surface area contributed by atoms with Crippen LogP contribution in [-0.4, -0.2) is 39.5 Å². The molecule has 0 amide bonds. The van der Waals surface area contributed by atoms with Crippen molar-refractivity contribution in [3.05, 3.63) is 29.9 Å². The molecular formula is C28H40N4O. The Morgan fingerprint density at radius 2 is 1.48 bits per heavy atom. The molecule has 5 fully saturated rings. The number of para-hydroxylation sites is 2. The highest BCUT2D eigenvalue weighted by molar-refractivity contribution is 5.82. The van der Waals surface area contributed by atoms with Crippen LogP contribution in [0.1, 0.15) is 70.6 Å². The van der Waals surface area contributed by atoms with Crippen molar-refractivity contribution in [1.29, 1.82) is 5.41 Å². The van der Waals surface area contributed by atoms with Gasteiger partial charge in [0.1, 0.15) is 0 Å². The third-order valence-corrected chi connectivity index (χ3v) is 9.50.